The molecule has 0 aliphatic heterocycles. The first-order valence-corrected chi connectivity index (χ1v) is 7.48. The van der Waals surface area contributed by atoms with Gasteiger partial charge in [-0.2, -0.15) is 0 Å². The van der Waals surface area contributed by atoms with E-state index in [4.69, 9.17) is 0 Å². The van der Waals surface area contributed by atoms with Gasteiger partial charge in [-0.15, -0.1) is 0 Å². The minimum absolute atomic E-state index is 0.642. The van der Waals surface area contributed by atoms with Crippen LogP contribution in [0.3, 0.4) is 0 Å². The van der Waals surface area contributed by atoms with Crippen LogP contribution in [0.1, 0.15) is 48.7 Å². The van der Waals surface area contributed by atoms with Crippen molar-refractivity contribution >= 4 is 5.69 Å². The minimum atomic E-state index is 0.642. The van der Waals surface area contributed by atoms with Crippen LogP contribution in [0.25, 0.3) is 0 Å². The molecule has 0 spiro atoms. The van der Waals surface area contributed by atoms with Crippen LogP contribution in [-0.4, -0.2) is 4.57 Å². The van der Waals surface area contributed by atoms with E-state index < -0.39 is 0 Å². The summed E-state index contributed by atoms with van der Waals surface area (Å²) >= 11 is 0. The lowest BCUT2D eigenvalue weighted by atomic mass is 9.99. The molecule has 1 aromatic carbocycles. The Bertz CT molecular complexity index is 564. The summed E-state index contributed by atoms with van der Waals surface area (Å²) in [5.41, 5.74) is 6.64. The molecule has 1 aromatic heterocycles. The molecule has 0 fully saturated rings. The molecule has 2 nitrogen and oxygen atoms in total. The van der Waals surface area contributed by atoms with Crippen LogP contribution in [0.2, 0.25) is 0 Å². The summed E-state index contributed by atoms with van der Waals surface area (Å²) < 4.78 is 2.24. The van der Waals surface area contributed by atoms with Crippen molar-refractivity contribution in [1.29, 1.82) is 0 Å². The maximum Gasteiger partial charge on any atom is 0.0418 e. The van der Waals surface area contributed by atoms with Crippen LogP contribution in [0.15, 0.2) is 30.3 Å². The van der Waals surface area contributed by atoms with Gasteiger partial charge in [0.25, 0.3) is 0 Å². The summed E-state index contributed by atoms with van der Waals surface area (Å²) in [6, 6.07) is 11.1. The third-order valence-electron chi connectivity index (χ3n) is 4.46. The molecule has 1 N–H and O–H groups in total. The van der Waals surface area contributed by atoms with Gasteiger partial charge in [-0.1, -0.05) is 26.0 Å². The summed E-state index contributed by atoms with van der Waals surface area (Å²) in [7, 11) is 2.12. The maximum atomic E-state index is 3.51. The van der Waals surface area contributed by atoms with E-state index in [2.05, 4.69) is 75.0 Å². The van der Waals surface area contributed by atoms with Crippen LogP contribution in [0.4, 0.5) is 5.69 Å². The molecule has 0 bridgehead atoms. The lowest BCUT2D eigenvalue weighted by Crippen LogP contribution is -2.01. The van der Waals surface area contributed by atoms with E-state index in [-0.39, 0.29) is 0 Å². The smallest absolute Gasteiger partial charge is 0.0418 e. The van der Waals surface area contributed by atoms with Crippen LogP contribution >= 0.6 is 0 Å². The average Bonchev–Trinajstić information content (AvgIpc) is 2.72. The number of nitrogens with one attached hydrogen (secondary N) is 1. The van der Waals surface area contributed by atoms with Gasteiger partial charge in [0.05, 0.1) is 0 Å². The van der Waals surface area contributed by atoms with E-state index in [1.165, 1.54) is 34.6 Å². The van der Waals surface area contributed by atoms with Gasteiger partial charge in [-0.05, 0) is 55.5 Å². The molecule has 1 atom stereocenters. The maximum absolute atomic E-state index is 3.51. The monoisotopic (exact) mass is 270 g/mol. The van der Waals surface area contributed by atoms with Gasteiger partial charge in [-0.3, -0.25) is 0 Å². The molecule has 0 saturated carbocycles. The van der Waals surface area contributed by atoms with E-state index >= 15 is 0 Å². The van der Waals surface area contributed by atoms with Crippen molar-refractivity contribution in [2.24, 2.45) is 7.05 Å². The molecule has 0 aliphatic carbocycles. The van der Waals surface area contributed by atoms with E-state index in [1.54, 1.807) is 0 Å². The Morgan fingerprint density at radius 2 is 1.80 bits per heavy atom. The number of aromatic nitrogens is 1. The largest absolute Gasteiger partial charge is 0.381 e. The summed E-state index contributed by atoms with van der Waals surface area (Å²) in [5, 5.41) is 3.51. The zero-order valence-electron chi connectivity index (χ0n) is 13.3. The molecule has 2 aromatic rings. The first-order valence-electron chi connectivity index (χ1n) is 7.48. The van der Waals surface area contributed by atoms with Gasteiger partial charge in [0.2, 0.25) is 0 Å². The predicted molar refractivity (Wildman–Crippen MR) is 87.4 cm³/mol. The Hall–Kier alpha value is -1.70. The van der Waals surface area contributed by atoms with Crippen LogP contribution in [0.5, 0.6) is 0 Å². The molecule has 2 rings (SSSR count). The normalized spacial score (nSPS) is 12.4. The van der Waals surface area contributed by atoms with Crippen molar-refractivity contribution in [1.82, 2.24) is 4.57 Å². The van der Waals surface area contributed by atoms with Gasteiger partial charge < -0.3 is 9.88 Å². The van der Waals surface area contributed by atoms with Gasteiger partial charge in [0, 0.05) is 30.7 Å². The molecule has 0 aliphatic rings. The summed E-state index contributed by atoms with van der Waals surface area (Å²) in [6.07, 6.45) is 1.19. The molecular weight excluding hydrogens is 244 g/mol. The second-order valence-corrected chi connectivity index (χ2v) is 5.74. The Morgan fingerprint density at radius 3 is 2.30 bits per heavy atom. The van der Waals surface area contributed by atoms with E-state index in [9.17, 15) is 0 Å². The molecule has 0 saturated heterocycles. The number of anilines is 1. The lowest BCUT2D eigenvalue weighted by molar-refractivity contribution is 0.734. The van der Waals surface area contributed by atoms with E-state index in [0.717, 1.165) is 6.54 Å². The number of rotatable bonds is 5. The topological polar surface area (TPSA) is 17.0 Å². The van der Waals surface area contributed by atoms with Crippen molar-refractivity contribution in [2.45, 2.75) is 46.6 Å². The Kier molecular flexibility index (Phi) is 4.53. The fourth-order valence-electron chi connectivity index (χ4n) is 2.47. The van der Waals surface area contributed by atoms with Crippen LogP contribution in [0, 0.1) is 13.8 Å². The lowest BCUT2D eigenvalue weighted by Gasteiger charge is -2.11. The Labute approximate surface area is 122 Å². The molecule has 108 valence electrons. The van der Waals surface area contributed by atoms with Crippen LogP contribution in [-0.2, 0) is 13.6 Å². The fourth-order valence-corrected chi connectivity index (χ4v) is 2.47. The highest BCUT2D eigenvalue weighted by atomic mass is 15.0. The van der Waals surface area contributed by atoms with E-state index in [0.29, 0.717) is 5.92 Å². The minimum Gasteiger partial charge on any atom is -0.381 e. The average molecular weight is 270 g/mol. The molecule has 2 heteroatoms. The summed E-state index contributed by atoms with van der Waals surface area (Å²) in [4.78, 5) is 0. The zero-order valence-corrected chi connectivity index (χ0v) is 13.3. The van der Waals surface area contributed by atoms with Crippen LogP contribution < -0.4 is 5.32 Å². The SMILES string of the molecule is CCC(C)c1ccc(NCc2cc(C)n(C)c2C)cc1. The van der Waals surface area contributed by atoms with Crippen molar-refractivity contribution in [2.75, 3.05) is 5.32 Å². The molecular formula is C18H26N2. The fraction of sp³-hybridized carbons (Fsp3) is 0.444. The number of hydrogen-bond acceptors (Lipinski definition) is 1. The second-order valence-electron chi connectivity index (χ2n) is 5.74. The van der Waals surface area contributed by atoms with Gasteiger partial charge >= 0.3 is 0 Å². The molecule has 20 heavy (non-hydrogen) atoms. The van der Waals surface area contributed by atoms with Crippen molar-refractivity contribution in [3.8, 4) is 0 Å². The number of nitrogens with zero attached hydrogens (tertiary/aromatic N) is 1. The van der Waals surface area contributed by atoms with Gasteiger partial charge in [0.15, 0.2) is 0 Å². The summed E-state index contributed by atoms with van der Waals surface area (Å²) in [5.74, 6) is 0.642. The standard InChI is InChI=1S/C18H26N2/c1-6-13(2)16-7-9-18(10-8-16)19-12-17-11-14(3)20(5)15(17)4/h7-11,13,19H,6,12H2,1-5H3. The number of benzene rings is 1. The first kappa shape index (κ1) is 14.7. The summed E-state index contributed by atoms with van der Waals surface area (Å²) in [6.45, 7) is 9.72. The van der Waals surface area contributed by atoms with Crippen molar-refractivity contribution in [3.63, 3.8) is 0 Å². The molecule has 1 unspecified atom stereocenters. The highest BCUT2D eigenvalue weighted by Gasteiger charge is 2.06. The third kappa shape index (κ3) is 3.06. The zero-order chi connectivity index (χ0) is 14.7. The molecule has 0 amide bonds. The van der Waals surface area contributed by atoms with Gasteiger partial charge in [-0.25, -0.2) is 0 Å². The third-order valence-corrected chi connectivity index (χ3v) is 4.46. The molecule has 1 heterocycles. The quantitative estimate of drug-likeness (QED) is 0.828. The van der Waals surface area contributed by atoms with Crippen molar-refractivity contribution < 1.29 is 0 Å². The Balaban J connectivity index is 2.02. The second kappa shape index (κ2) is 6.17. The first-order chi connectivity index (χ1) is 9.52. The van der Waals surface area contributed by atoms with Gasteiger partial charge in [0.1, 0.15) is 0 Å². The highest BCUT2D eigenvalue weighted by molar-refractivity contribution is 5.46. The van der Waals surface area contributed by atoms with E-state index in [1.807, 2.05) is 0 Å². The predicted octanol–water partition coefficient (Wildman–Crippen LogP) is 4.77. The number of aryl methyl sites for hydroxylation is 1. The highest BCUT2D eigenvalue weighted by Crippen LogP contribution is 2.21. The van der Waals surface area contributed by atoms with Crippen molar-refractivity contribution in [3.05, 3.63) is 52.8 Å². The number of hydrogen-bond donors (Lipinski definition) is 1. The molecule has 0 radical (unpaired) electrons. The Morgan fingerprint density at radius 1 is 1.15 bits per heavy atom.